The van der Waals surface area contributed by atoms with Crippen LogP contribution in [0.5, 0.6) is 0 Å². The number of para-hydroxylation sites is 1. The quantitative estimate of drug-likeness (QED) is 0.282. The number of thiophene rings is 1. The number of amides is 1. The van der Waals surface area contributed by atoms with Crippen LogP contribution in [-0.2, 0) is 0 Å². The third kappa shape index (κ3) is 3.87. The molecule has 0 aliphatic rings. The van der Waals surface area contributed by atoms with Crippen LogP contribution < -0.4 is 5.32 Å². The molecule has 0 atom stereocenters. The minimum atomic E-state index is -0.153. The smallest absolute Gasteiger partial charge is 0.256 e. The van der Waals surface area contributed by atoms with Gasteiger partial charge >= 0.3 is 0 Å². The molecule has 3 heterocycles. The molecule has 0 bridgehead atoms. The Balaban J connectivity index is 1.30. The van der Waals surface area contributed by atoms with E-state index in [0.29, 0.717) is 5.56 Å². The van der Waals surface area contributed by atoms with Crippen molar-refractivity contribution in [3.05, 3.63) is 101 Å². The van der Waals surface area contributed by atoms with E-state index in [2.05, 4.69) is 30.4 Å². The second-order valence-electron chi connectivity index (χ2n) is 8.07. The summed E-state index contributed by atoms with van der Waals surface area (Å²) in [6.07, 6.45) is 0. The predicted octanol–water partition coefficient (Wildman–Crippen LogP) is 7.80. The van der Waals surface area contributed by atoms with Gasteiger partial charge in [-0.1, -0.05) is 30.3 Å². The van der Waals surface area contributed by atoms with Gasteiger partial charge in [0.25, 0.3) is 5.91 Å². The van der Waals surface area contributed by atoms with Crippen molar-refractivity contribution in [3.63, 3.8) is 0 Å². The summed E-state index contributed by atoms with van der Waals surface area (Å²) in [7, 11) is 0. The van der Waals surface area contributed by atoms with E-state index in [1.165, 1.54) is 10.3 Å². The summed E-state index contributed by atoms with van der Waals surface area (Å²) in [6.45, 7) is 2.09. The Morgan fingerprint density at radius 2 is 1.71 bits per heavy atom. The highest BCUT2D eigenvalue weighted by Crippen LogP contribution is 2.32. The van der Waals surface area contributed by atoms with Gasteiger partial charge in [0.2, 0.25) is 0 Å². The van der Waals surface area contributed by atoms with E-state index >= 15 is 0 Å². The van der Waals surface area contributed by atoms with E-state index < -0.39 is 0 Å². The average Bonchev–Trinajstić information content (AvgIpc) is 3.54. The summed E-state index contributed by atoms with van der Waals surface area (Å²) in [6, 6.07) is 27.8. The number of nitrogens with zero attached hydrogens (tertiary/aromatic N) is 2. The number of hydrogen-bond donors (Lipinski definition) is 1. The van der Waals surface area contributed by atoms with Crippen LogP contribution in [0.15, 0.2) is 90.3 Å². The number of aromatic nitrogens is 2. The largest absolute Gasteiger partial charge is 0.322 e. The number of carbonyl (C=O) groups is 1. The summed E-state index contributed by atoms with van der Waals surface area (Å²) in [5.41, 5.74) is 6.23. The maximum atomic E-state index is 13.3. The van der Waals surface area contributed by atoms with E-state index in [-0.39, 0.29) is 5.91 Å². The summed E-state index contributed by atoms with van der Waals surface area (Å²) >= 11 is 3.29. The molecule has 0 radical (unpaired) electrons. The summed E-state index contributed by atoms with van der Waals surface area (Å²) in [5, 5.41) is 6.88. The van der Waals surface area contributed by atoms with Crippen molar-refractivity contribution in [2.75, 3.05) is 5.32 Å². The molecule has 0 saturated heterocycles. The van der Waals surface area contributed by atoms with Gasteiger partial charge in [-0.05, 0) is 72.5 Å². The van der Waals surface area contributed by atoms with Gasteiger partial charge in [0, 0.05) is 16.6 Å². The molecule has 0 spiro atoms. The molecule has 164 valence electrons. The summed E-state index contributed by atoms with van der Waals surface area (Å²) in [5.74, 6) is -0.153. The Labute approximate surface area is 204 Å². The molecule has 0 saturated carbocycles. The molecule has 3 aromatic carbocycles. The van der Waals surface area contributed by atoms with Crippen molar-refractivity contribution >= 4 is 55.4 Å². The zero-order chi connectivity index (χ0) is 23.1. The fourth-order valence-electron chi connectivity index (χ4n) is 3.96. The van der Waals surface area contributed by atoms with Gasteiger partial charge in [0.15, 0.2) is 0 Å². The van der Waals surface area contributed by atoms with Gasteiger partial charge in [0.1, 0.15) is 5.01 Å². The summed E-state index contributed by atoms with van der Waals surface area (Å²) in [4.78, 5) is 23.9. The molecule has 6 aromatic rings. The number of rotatable bonds is 4. The van der Waals surface area contributed by atoms with Crippen LogP contribution >= 0.6 is 22.7 Å². The van der Waals surface area contributed by atoms with Crippen molar-refractivity contribution in [1.29, 1.82) is 0 Å². The number of aryl methyl sites for hydroxylation is 1. The Hall–Kier alpha value is -3.87. The van der Waals surface area contributed by atoms with E-state index in [4.69, 9.17) is 9.97 Å². The maximum Gasteiger partial charge on any atom is 0.256 e. The van der Waals surface area contributed by atoms with Gasteiger partial charge in [-0.15, -0.1) is 22.7 Å². The van der Waals surface area contributed by atoms with E-state index in [1.54, 1.807) is 22.7 Å². The van der Waals surface area contributed by atoms with Crippen LogP contribution in [0.2, 0.25) is 0 Å². The molecule has 1 N–H and O–H groups in total. The molecule has 34 heavy (non-hydrogen) atoms. The zero-order valence-electron chi connectivity index (χ0n) is 18.3. The second kappa shape index (κ2) is 8.48. The Morgan fingerprint density at radius 3 is 2.53 bits per heavy atom. The van der Waals surface area contributed by atoms with E-state index in [0.717, 1.165) is 43.2 Å². The van der Waals surface area contributed by atoms with Crippen LogP contribution in [0.1, 0.15) is 15.9 Å². The molecule has 0 unspecified atom stereocenters. The van der Waals surface area contributed by atoms with Crippen molar-refractivity contribution in [1.82, 2.24) is 9.97 Å². The molecular weight excluding hydrogens is 458 g/mol. The van der Waals surface area contributed by atoms with Crippen LogP contribution in [-0.4, -0.2) is 15.9 Å². The fourth-order valence-corrected chi connectivity index (χ4v) is 5.72. The van der Waals surface area contributed by atoms with Crippen LogP contribution in [0.4, 0.5) is 5.69 Å². The Kier molecular flexibility index (Phi) is 5.17. The van der Waals surface area contributed by atoms with Crippen molar-refractivity contribution in [2.45, 2.75) is 6.92 Å². The van der Waals surface area contributed by atoms with E-state index in [9.17, 15) is 4.79 Å². The molecule has 1 amide bonds. The first kappa shape index (κ1) is 20.7. The number of nitrogens with one attached hydrogen (secondary N) is 1. The molecule has 0 aliphatic carbocycles. The van der Waals surface area contributed by atoms with Gasteiger partial charge in [-0.2, -0.15) is 0 Å². The van der Waals surface area contributed by atoms with Crippen molar-refractivity contribution in [3.8, 4) is 21.1 Å². The minimum absolute atomic E-state index is 0.153. The van der Waals surface area contributed by atoms with Gasteiger partial charge < -0.3 is 5.32 Å². The summed E-state index contributed by atoms with van der Waals surface area (Å²) < 4.78 is 1.18. The highest BCUT2D eigenvalue weighted by atomic mass is 32.1. The van der Waals surface area contributed by atoms with Crippen LogP contribution in [0.25, 0.3) is 42.3 Å². The monoisotopic (exact) mass is 477 g/mol. The minimum Gasteiger partial charge on any atom is -0.322 e. The first-order valence-electron chi connectivity index (χ1n) is 10.9. The highest BCUT2D eigenvalue weighted by molar-refractivity contribution is 7.21. The molecule has 3 aromatic heterocycles. The SMILES string of the molecule is Cc1ccc2nc(-c3ccc(NC(=O)c4cc(-c5cccs5)nc5ccccc45)cc3)sc2c1. The number of anilines is 1. The van der Waals surface area contributed by atoms with Crippen molar-refractivity contribution in [2.24, 2.45) is 0 Å². The first-order valence-corrected chi connectivity index (χ1v) is 12.6. The molecule has 6 heteroatoms. The molecule has 4 nitrogen and oxygen atoms in total. The highest BCUT2D eigenvalue weighted by Gasteiger charge is 2.15. The number of thiazole rings is 1. The van der Waals surface area contributed by atoms with Crippen LogP contribution in [0.3, 0.4) is 0 Å². The lowest BCUT2D eigenvalue weighted by Gasteiger charge is -2.10. The maximum absolute atomic E-state index is 13.3. The van der Waals surface area contributed by atoms with Gasteiger partial charge in [-0.25, -0.2) is 9.97 Å². The molecular formula is C28H19N3OS2. The predicted molar refractivity (Wildman–Crippen MR) is 143 cm³/mol. The fraction of sp³-hybridized carbons (Fsp3) is 0.0357. The van der Waals surface area contributed by atoms with Crippen LogP contribution in [0, 0.1) is 6.92 Å². The standard InChI is InChI=1S/C28H19N3OS2/c1-17-8-13-23-26(15-17)34-28(31-23)18-9-11-19(12-10-18)29-27(32)21-16-24(25-7-4-14-33-25)30-22-6-3-2-5-20(21)22/h2-16H,1H3,(H,29,32). The van der Waals surface area contributed by atoms with E-state index in [1.807, 2.05) is 72.1 Å². The van der Waals surface area contributed by atoms with Gasteiger partial charge in [0.05, 0.1) is 31.9 Å². The number of pyridine rings is 1. The lowest BCUT2D eigenvalue weighted by molar-refractivity contribution is 0.102. The molecule has 0 fully saturated rings. The number of benzene rings is 3. The third-order valence-electron chi connectivity index (χ3n) is 5.67. The number of fused-ring (bicyclic) bond motifs is 2. The molecule has 6 rings (SSSR count). The zero-order valence-corrected chi connectivity index (χ0v) is 19.9. The Bertz CT molecular complexity index is 1650. The topological polar surface area (TPSA) is 54.9 Å². The van der Waals surface area contributed by atoms with Crippen molar-refractivity contribution < 1.29 is 4.79 Å². The van der Waals surface area contributed by atoms with Gasteiger partial charge in [-0.3, -0.25) is 4.79 Å². The molecule has 0 aliphatic heterocycles. The lowest BCUT2D eigenvalue weighted by atomic mass is 10.1. The Morgan fingerprint density at radius 1 is 0.853 bits per heavy atom. The number of hydrogen-bond acceptors (Lipinski definition) is 5. The third-order valence-corrected chi connectivity index (χ3v) is 7.63. The lowest BCUT2D eigenvalue weighted by Crippen LogP contribution is -2.13. The first-order chi connectivity index (χ1) is 16.6. The number of carbonyl (C=O) groups excluding carboxylic acids is 1. The normalized spacial score (nSPS) is 11.2. The second-order valence-corrected chi connectivity index (χ2v) is 10.0. The average molecular weight is 478 g/mol.